The van der Waals surface area contributed by atoms with Crippen molar-refractivity contribution in [1.29, 1.82) is 0 Å². The van der Waals surface area contributed by atoms with Crippen molar-refractivity contribution < 1.29 is 28.9 Å². The lowest BCUT2D eigenvalue weighted by molar-refractivity contribution is -0.214. The lowest BCUT2D eigenvalue weighted by Crippen LogP contribution is -2.51. The highest BCUT2D eigenvalue weighted by molar-refractivity contribution is 5.71. The Hall–Kier alpha value is -1.40. The predicted molar refractivity (Wildman–Crippen MR) is 101 cm³/mol. The Balaban J connectivity index is 1.70. The van der Waals surface area contributed by atoms with Gasteiger partial charge in [0.2, 0.25) is 12.6 Å². The first-order chi connectivity index (χ1) is 13.0. The van der Waals surface area contributed by atoms with Gasteiger partial charge in [-0.05, 0) is 48.0 Å². The molecule has 0 unspecified atom stereocenters. The largest absolute Gasteiger partial charge is 0.435 e. The number of rotatable bonds is 2. The molecule has 2 bridgehead atoms. The molecule has 0 spiro atoms. The monoisotopic (exact) mass is 392 g/mol. The van der Waals surface area contributed by atoms with Gasteiger partial charge in [-0.15, -0.1) is 0 Å². The van der Waals surface area contributed by atoms with E-state index in [0.717, 1.165) is 25.7 Å². The summed E-state index contributed by atoms with van der Waals surface area (Å²) in [5.74, 6) is -0.849. The molecular weight excluding hydrogens is 360 g/mol. The van der Waals surface area contributed by atoms with E-state index in [0.29, 0.717) is 0 Å². The Bertz CT molecular complexity index is 725. The number of allylic oxidation sites excluding steroid dienone is 1. The van der Waals surface area contributed by atoms with Crippen LogP contribution in [0.25, 0.3) is 0 Å². The Kier molecular flexibility index (Phi) is 4.66. The highest BCUT2D eigenvalue weighted by Gasteiger charge is 2.62. The zero-order valence-corrected chi connectivity index (χ0v) is 17.5. The molecule has 1 N–H and O–H groups in total. The number of carbonyl (C=O) groups is 2. The summed E-state index contributed by atoms with van der Waals surface area (Å²) in [5.41, 5.74) is 2.47. The van der Waals surface area contributed by atoms with Gasteiger partial charge in [0.05, 0.1) is 12.5 Å². The summed E-state index contributed by atoms with van der Waals surface area (Å²) in [6.45, 7) is 10.3. The molecule has 2 fully saturated rings. The number of ether oxygens (including phenoxy) is 3. The van der Waals surface area contributed by atoms with Crippen molar-refractivity contribution in [2.24, 2.45) is 28.6 Å². The molecule has 28 heavy (non-hydrogen) atoms. The fourth-order valence-electron chi connectivity index (χ4n) is 6.31. The molecule has 4 aliphatic rings. The number of esters is 2. The molecule has 2 aliphatic carbocycles. The van der Waals surface area contributed by atoms with Gasteiger partial charge in [-0.1, -0.05) is 33.3 Å². The number of aliphatic hydroxyl groups is 1. The van der Waals surface area contributed by atoms with Gasteiger partial charge in [-0.2, -0.15) is 0 Å². The number of hydrogen-bond donors (Lipinski definition) is 1. The summed E-state index contributed by atoms with van der Waals surface area (Å²) in [6.07, 6.45) is 2.00. The van der Waals surface area contributed by atoms with Crippen LogP contribution in [-0.4, -0.2) is 35.7 Å². The molecule has 156 valence electrons. The van der Waals surface area contributed by atoms with Crippen LogP contribution in [0.4, 0.5) is 0 Å². The van der Waals surface area contributed by atoms with E-state index in [-0.39, 0.29) is 41.0 Å². The molecule has 0 saturated carbocycles. The second-order valence-electron chi connectivity index (χ2n) is 9.97. The van der Waals surface area contributed by atoms with Gasteiger partial charge in [0.15, 0.2) is 0 Å². The molecule has 0 amide bonds. The van der Waals surface area contributed by atoms with Crippen LogP contribution in [0, 0.1) is 28.6 Å². The molecule has 2 aliphatic heterocycles. The smallest absolute Gasteiger partial charge is 0.308 e. The van der Waals surface area contributed by atoms with Crippen LogP contribution >= 0.6 is 0 Å². The van der Waals surface area contributed by atoms with E-state index >= 15 is 0 Å². The van der Waals surface area contributed by atoms with E-state index in [1.165, 1.54) is 18.1 Å². The maximum absolute atomic E-state index is 12.0. The van der Waals surface area contributed by atoms with Crippen LogP contribution < -0.4 is 0 Å². The summed E-state index contributed by atoms with van der Waals surface area (Å²) in [6, 6.07) is 0. The summed E-state index contributed by atoms with van der Waals surface area (Å²) in [5, 5.41) is 10.9. The van der Waals surface area contributed by atoms with Gasteiger partial charge in [0.25, 0.3) is 0 Å². The van der Waals surface area contributed by atoms with Crippen LogP contribution in [-0.2, 0) is 23.8 Å². The summed E-state index contributed by atoms with van der Waals surface area (Å²) >= 11 is 0. The van der Waals surface area contributed by atoms with E-state index < -0.39 is 24.7 Å². The van der Waals surface area contributed by atoms with Crippen molar-refractivity contribution in [2.75, 3.05) is 0 Å². The van der Waals surface area contributed by atoms with Crippen molar-refractivity contribution in [3.8, 4) is 0 Å². The zero-order chi connectivity index (χ0) is 20.4. The third-order valence-electron chi connectivity index (χ3n) is 8.00. The van der Waals surface area contributed by atoms with E-state index in [2.05, 4.69) is 27.7 Å². The maximum atomic E-state index is 12.0. The van der Waals surface area contributed by atoms with E-state index in [1.54, 1.807) is 0 Å². The standard InChI is InChI=1S/C22H32O6/c1-11-17-14(21(3,4)8-7-15(17)24)6-9-22(11,5)18-13-10-16(25)27-20(18)28-19(13)26-12(2)23/h11,13,15,18-20,24H,6-10H2,1-5H3/t11-,13-,15+,18+,19-,20-,22-/m1/s1. The molecule has 2 heterocycles. The average Bonchev–Trinajstić information content (AvgIpc) is 2.82. The molecule has 0 aromatic heterocycles. The second-order valence-corrected chi connectivity index (χ2v) is 9.97. The fourth-order valence-corrected chi connectivity index (χ4v) is 6.31. The van der Waals surface area contributed by atoms with Crippen molar-refractivity contribution in [2.45, 2.75) is 85.4 Å². The first kappa shape index (κ1) is 19.9. The molecule has 7 atom stereocenters. The molecular formula is C22H32O6. The molecule has 4 rings (SSSR count). The first-order valence-electron chi connectivity index (χ1n) is 10.5. The predicted octanol–water partition coefficient (Wildman–Crippen LogP) is 3.32. The minimum absolute atomic E-state index is 0.0594. The fraction of sp³-hybridized carbons (Fsp3) is 0.818. The molecule has 0 radical (unpaired) electrons. The third-order valence-corrected chi connectivity index (χ3v) is 8.00. The van der Waals surface area contributed by atoms with Crippen LogP contribution in [0.15, 0.2) is 11.1 Å². The summed E-state index contributed by atoms with van der Waals surface area (Å²) in [7, 11) is 0. The van der Waals surface area contributed by atoms with Gasteiger partial charge in [0.1, 0.15) is 0 Å². The van der Waals surface area contributed by atoms with Gasteiger partial charge >= 0.3 is 11.9 Å². The quantitative estimate of drug-likeness (QED) is 0.573. The zero-order valence-electron chi connectivity index (χ0n) is 17.5. The lowest BCUT2D eigenvalue weighted by Gasteiger charge is -2.53. The molecule has 0 aromatic carbocycles. The van der Waals surface area contributed by atoms with Crippen molar-refractivity contribution in [3.63, 3.8) is 0 Å². The second kappa shape index (κ2) is 6.56. The summed E-state index contributed by atoms with van der Waals surface area (Å²) < 4.78 is 16.8. The first-order valence-corrected chi connectivity index (χ1v) is 10.5. The minimum Gasteiger partial charge on any atom is -0.435 e. The van der Waals surface area contributed by atoms with E-state index in [1.807, 2.05) is 0 Å². The molecule has 6 nitrogen and oxygen atoms in total. The van der Waals surface area contributed by atoms with Crippen LogP contribution in [0.1, 0.15) is 66.7 Å². The van der Waals surface area contributed by atoms with Crippen LogP contribution in [0.3, 0.4) is 0 Å². The highest BCUT2D eigenvalue weighted by Crippen LogP contribution is 2.61. The SMILES string of the molecule is CC(=O)O[C@@H]1O[C@H]2OC(=O)C[C@@H]1[C@@H]2[C@]1(C)CCC2=C([C@H]1C)[C@@H](O)CCC2(C)C. The Morgan fingerprint density at radius 2 is 1.96 bits per heavy atom. The van der Waals surface area contributed by atoms with Gasteiger partial charge in [-0.25, -0.2) is 0 Å². The van der Waals surface area contributed by atoms with Crippen LogP contribution in [0.2, 0.25) is 0 Å². The number of aliphatic hydroxyl groups excluding tert-OH is 1. The normalized spacial score (nSPS) is 44.7. The minimum atomic E-state index is -0.744. The third kappa shape index (κ3) is 2.91. The average molecular weight is 392 g/mol. The lowest BCUT2D eigenvalue weighted by atomic mass is 9.52. The molecule has 2 saturated heterocycles. The Morgan fingerprint density at radius 1 is 1.25 bits per heavy atom. The van der Waals surface area contributed by atoms with Crippen molar-refractivity contribution >= 4 is 11.9 Å². The highest BCUT2D eigenvalue weighted by atomic mass is 16.8. The van der Waals surface area contributed by atoms with Gasteiger partial charge < -0.3 is 19.3 Å². The molecule has 0 aromatic rings. The van der Waals surface area contributed by atoms with E-state index in [9.17, 15) is 14.7 Å². The van der Waals surface area contributed by atoms with E-state index in [4.69, 9.17) is 14.2 Å². The number of carbonyl (C=O) groups excluding carboxylic acids is 2. The number of fused-ring (bicyclic) bond motifs is 2. The summed E-state index contributed by atoms with van der Waals surface area (Å²) in [4.78, 5) is 23.6. The maximum Gasteiger partial charge on any atom is 0.308 e. The van der Waals surface area contributed by atoms with Crippen LogP contribution in [0.5, 0.6) is 0 Å². The topological polar surface area (TPSA) is 82.1 Å². The Morgan fingerprint density at radius 3 is 2.64 bits per heavy atom. The molecule has 6 heteroatoms. The van der Waals surface area contributed by atoms with Crippen molar-refractivity contribution in [3.05, 3.63) is 11.1 Å². The van der Waals surface area contributed by atoms with Crippen molar-refractivity contribution in [1.82, 2.24) is 0 Å². The Labute approximate surface area is 166 Å². The van der Waals surface area contributed by atoms with Gasteiger partial charge in [0, 0.05) is 18.8 Å². The number of hydrogen-bond acceptors (Lipinski definition) is 6. The van der Waals surface area contributed by atoms with Gasteiger partial charge in [-0.3, -0.25) is 9.59 Å².